The maximum absolute atomic E-state index is 10.8. The molecule has 1 aromatic carbocycles. The van der Waals surface area contributed by atoms with Crippen LogP contribution in [0.1, 0.15) is 37.7 Å². The summed E-state index contributed by atoms with van der Waals surface area (Å²) < 4.78 is 0. The molecule has 2 N–H and O–H groups in total. The first kappa shape index (κ1) is 11.9. The van der Waals surface area contributed by atoms with Gasteiger partial charge in [0.1, 0.15) is 0 Å². The van der Waals surface area contributed by atoms with Gasteiger partial charge in [0, 0.05) is 11.3 Å². The fourth-order valence-electron chi connectivity index (χ4n) is 5.41. The van der Waals surface area contributed by atoms with E-state index in [1.54, 1.807) is 0 Å². The third kappa shape index (κ3) is 1.63. The van der Waals surface area contributed by atoms with Crippen LogP contribution in [0.5, 0.6) is 0 Å². The Bertz CT molecular complexity index is 465. The monoisotopic (exact) mass is 258 g/mol. The molecule has 2 atom stereocenters. The fourth-order valence-corrected chi connectivity index (χ4v) is 5.41. The highest BCUT2D eigenvalue weighted by Crippen LogP contribution is 2.64. The van der Waals surface area contributed by atoms with E-state index in [4.69, 9.17) is 0 Å². The molecule has 1 aromatic rings. The Morgan fingerprint density at radius 1 is 0.947 bits per heavy atom. The van der Waals surface area contributed by atoms with Gasteiger partial charge in [-0.2, -0.15) is 0 Å². The molecule has 2 heteroatoms. The van der Waals surface area contributed by atoms with E-state index in [2.05, 4.69) is 12.1 Å². The Labute approximate surface area is 114 Å². The number of hydrogen-bond donors (Lipinski definition) is 2. The molecule has 4 aliphatic carbocycles. The molecule has 0 aromatic heterocycles. The average Bonchev–Trinajstić information content (AvgIpc) is 2.37. The molecule has 5 rings (SSSR count). The maximum atomic E-state index is 10.8. The number of rotatable bonds is 2. The maximum Gasteiger partial charge on any atom is 0.171 e. The van der Waals surface area contributed by atoms with Crippen LogP contribution in [0, 0.1) is 23.2 Å². The highest BCUT2D eigenvalue weighted by atomic mass is 16.5. The lowest BCUT2D eigenvalue weighted by Crippen LogP contribution is -2.65. The third-order valence-electron chi connectivity index (χ3n) is 6.00. The molecular weight excluding hydrogens is 236 g/mol. The molecular formula is C17H22O2. The van der Waals surface area contributed by atoms with Crippen molar-refractivity contribution in [2.24, 2.45) is 23.2 Å². The van der Waals surface area contributed by atoms with Crippen molar-refractivity contribution in [2.45, 2.75) is 44.3 Å². The summed E-state index contributed by atoms with van der Waals surface area (Å²) in [6, 6.07) is 10.4. The number of benzene rings is 1. The van der Waals surface area contributed by atoms with E-state index in [9.17, 15) is 10.2 Å². The van der Waals surface area contributed by atoms with Gasteiger partial charge in [-0.3, -0.25) is 0 Å². The van der Waals surface area contributed by atoms with E-state index in [0.717, 1.165) is 43.9 Å². The quantitative estimate of drug-likeness (QED) is 0.801. The van der Waals surface area contributed by atoms with Gasteiger partial charge in [0.2, 0.25) is 0 Å². The largest absolute Gasteiger partial charge is 0.365 e. The van der Waals surface area contributed by atoms with Crippen LogP contribution in [0.25, 0.3) is 0 Å². The molecule has 4 fully saturated rings. The van der Waals surface area contributed by atoms with E-state index >= 15 is 0 Å². The molecule has 4 bridgehead atoms. The molecule has 4 saturated carbocycles. The third-order valence-corrected chi connectivity index (χ3v) is 6.00. The molecule has 0 amide bonds. The molecule has 0 aliphatic heterocycles. The summed E-state index contributed by atoms with van der Waals surface area (Å²) in [4.78, 5) is 0. The van der Waals surface area contributed by atoms with Crippen LogP contribution in [0.4, 0.5) is 0 Å². The Kier molecular flexibility index (Phi) is 2.40. The summed E-state index contributed by atoms with van der Waals surface area (Å²) in [5.74, 6) is 0.126. The zero-order valence-electron chi connectivity index (χ0n) is 11.3. The molecule has 2 unspecified atom stereocenters. The van der Waals surface area contributed by atoms with Gasteiger partial charge in [0.25, 0.3) is 0 Å². The van der Waals surface area contributed by atoms with E-state index in [1.807, 2.05) is 18.2 Å². The van der Waals surface area contributed by atoms with Crippen molar-refractivity contribution in [3.8, 4) is 0 Å². The lowest BCUT2D eigenvalue weighted by atomic mass is 9.45. The van der Waals surface area contributed by atoms with Gasteiger partial charge in [-0.05, 0) is 55.9 Å². The Hall–Kier alpha value is -0.860. The van der Waals surface area contributed by atoms with Gasteiger partial charge in [-0.1, -0.05) is 30.3 Å². The van der Waals surface area contributed by atoms with Crippen LogP contribution in [0.15, 0.2) is 30.3 Å². The Morgan fingerprint density at radius 3 is 2.21 bits per heavy atom. The first-order chi connectivity index (χ1) is 9.09. The van der Waals surface area contributed by atoms with Crippen LogP contribution in [-0.4, -0.2) is 16.0 Å². The second kappa shape index (κ2) is 3.83. The zero-order valence-corrected chi connectivity index (χ0v) is 11.3. The van der Waals surface area contributed by atoms with E-state index < -0.39 is 5.79 Å². The predicted molar refractivity (Wildman–Crippen MR) is 73.3 cm³/mol. The molecule has 0 radical (unpaired) electrons. The summed E-state index contributed by atoms with van der Waals surface area (Å²) in [6.07, 6.45) is 6.21. The summed E-state index contributed by atoms with van der Waals surface area (Å²) in [6.45, 7) is 0. The van der Waals surface area contributed by atoms with Crippen LogP contribution in [0.2, 0.25) is 0 Å². The molecule has 0 spiro atoms. The van der Waals surface area contributed by atoms with Crippen molar-refractivity contribution < 1.29 is 10.2 Å². The van der Waals surface area contributed by atoms with Crippen molar-refractivity contribution in [3.05, 3.63) is 35.9 Å². The van der Waals surface area contributed by atoms with Crippen LogP contribution < -0.4 is 0 Å². The normalized spacial score (nSPS) is 42.5. The van der Waals surface area contributed by atoms with Crippen LogP contribution in [0.3, 0.4) is 0 Å². The van der Waals surface area contributed by atoms with E-state index in [0.29, 0.717) is 0 Å². The lowest BCUT2D eigenvalue weighted by Gasteiger charge is -2.63. The molecule has 19 heavy (non-hydrogen) atoms. The van der Waals surface area contributed by atoms with Crippen molar-refractivity contribution >= 4 is 0 Å². The van der Waals surface area contributed by atoms with E-state index in [1.165, 1.54) is 12.0 Å². The second-order valence-corrected chi connectivity index (χ2v) is 7.21. The minimum absolute atomic E-state index is 0.113. The molecule has 102 valence electrons. The molecule has 0 heterocycles. The molecule has 0 saturated heterocycles. The Morgan fingerprint density at radius 2 is 1.58 bits per heavy atom. The number of hydrogen-bond acceptors (Lipinski definition) is 2. The first-order valence-corrected chi connectivity index (χ1v) is 7.58. The Balaban J connectivity index is 1.71. The minimum Gasteiger partial charge on any atom is -0.365 e. The van der Waals surface area contributed by atoms with Crippen LogP contribution >= 0.6 is 0 Å². The van der Waals surface area contributed by atoms with Gasteiger partial charge < -0.3 is 10.2 Å². The zero-order chi connectivity index (χ0) is 13.1. The van der Waals surface area contributed by atoms with Gasteiger partial charge in [0.05, 0.1) is 0 Å². The highest BCUT2D eigenvalue weighted by Gasteiger charge is 2.64. The van der Waals surface area contributed by atoms with Gasteiger partial charge in [0.15, 0.2) is 5.79 Å². The van der Waals surface area contributed by atoms with Crippen molar-refractivity contribution in [1.82, 2.24) is 0 Å². The second-order valence-electron chi connectivity index (χ2n) is 7.21. The summed E-state index contributed by atoms with van der Waals surface area (Å²) in [5, 5.41) is 21.5. The molecule has 2 nitrogen and oxygen atoms in total. The topological polar surface area (TPSA) is 40.5 Å². The SMILES string of the molecule is OC1(O)C2CC3CC(C2)CC1(Cc1ccccc1)C3. The number of aliphatic hydroxyl groups is 2. The van der Waals surface area contributed by atoms with Crippen molar-refractivity contribution in [3.63, 3.8) is 0 Å². The van der Waals surface area contributed by atoms with Crippen molar-refractivity contribution in [1.29, 1.82) is 0 Å². The summed E-state index contributed by atoms with van der Waals surface area (Å²) >= 11 is 0. The summed E-state index contributed by atoms with van der Waals surface area (Å²) in [5.41, 5.74) is 0.959. The van der Waals surface area contributed by atoms with Crippen LogP contribution in [-0.2, 0) is 6.42 Å². The van der Waals surface area contributed by atoms with Crippen molar-refractivity contribution in [2.75, 3.05) is 0 Å². The van der Waals surface area contributed by atoms with E-state index in [-0.39, 0.29) is 11.3 Å². The van der Waals surface area contributed by atoms with Gasteiger partial charge in [-0.25, -0.2) is 0 Å². The average molecular weight is 258 g/mol. The predicted octanol–water partition coefficient (Wildman–Crippen LogP) is 2.74. The minimum atomic E-state index is -1.45. The lowest BCUT2D eigenvalue weighted by molar-refractivity contribution is -0.336. The fraction of sp³-hybridized carbons (Fsp3) is 0.647. The molecule has 4 aliphatic rings. The smallest absolute Gasteiger partial charge is 0.171 e. The highest BCUT2D eigenvalue weighted by molar-refractivity contribution is 5.21. The summed E-state index contributed by atoms with van der Waals surface area (Å²) in [7, 11) is 0. The first-order valence-electron chi connectivity index (χ1n) is 7.58. The standard InChI is InChI=1S/C17H22O2/c18-17(19)15-7-13-6-14(8-15)11-16(17,10-13)9-12-4-2-1-3-5-12/h1-5,13-15,18-19H,6-11H2. The van der Waals surface area contributed by atoms with Gasteiger partial charge in [-0.15, -0.1) is 0 Å². The van der Waals surface area contributed by atoms with Gasteiger partial charge >= 0.3 is 0 Å².